The highest BCUT2D eigenvalue weighted by atomic mass is 32.2. The SMILES string of the molecule is CC(C)CN(CC(=O)O)S(=O)(=O)N1CCC(F)(F)CC1. The molecule has 20 heavy (non-hydrogen) atoms. The Kier molecular flexibility index (Phi) is 5.45. The summed E-state index contributed by atoms with van der Waals surface area (Å²) in [6.45, 7) is 2.32. The smallest absolute Gasteiger partial charge is 0.318 e. The first kappa shape index (κ1) is 17.3. The van der Waals surface area contributed by atoms with Crippen LogP contribution in [-0.2, 0) is 15.0 Å². The van der Waals surface area contributed by atoms with E-state index in [1.807, 2.05) is 0 Å². The molecule has 0 aromatic carbocycles. The number of nitrogens with zero attached hydrogens (tertiary/aromatic N) is 2. The Morgan fingerprint density at radius 3 is 2.25 bits per heavy atom. The lowest BCUT2D eigenvalue weighted by molar-refractivity contribution is -0.137. The number of hydrogen-bond donors (Lipinski definition) is 1. The first-order valence-corrected chi connectivity index (χ1v) is 7.79. The lowest BCUT2D eigenvalue weighted by atomic mass is 10.1. The summed E-state index contributed by atoms with van der Waals surface area (Å²) in [5, 5.41) is 8.80. The van der Waals surface area contributed by atoms with Crippen molar-refractivity contribution in [3.8, 4) is 0 Å². The van der Waals surface area contributed by atoms with Crippen LogP contribution in [0, 0.1) is 5.92 Å². The van der Waals surface area contributed by atoms with E-state index >= 15 is 0 Å². The van der Waals surface area contributed by atoms with E-state index in [0.717, 1.165) is 8.61 Å². The molecule has 6 nitrogen and oxygen atoms in total. The van der Waals surface area contributed by atoms with Crippen LogP contribution in [0.5, 0.6) is 0 Å². The molecule has 1 saturated heterocycles. The van der Waals surface area contributed by atoms with E-state index < -0.39 is 41.5 Å². The predicted molar refractivity (Wildman–Crippen MR) is 68.7 cm³/mol. The predicted octanol–water partition coefficient (Wildman–Crippen LogP) is 1.00. The minimum atomic E-state index is -4.01. The molecule has 0 atom stereocenters. The minimum absolute atomic E-state index is 0.0432. The molecule has 1 heterocycles. The summed E-state index contributed by atoms with van der Waals surface area (Å²) in [6.07, 6.45) is -1.07. The van der Waals surface area contributed by atoms with Crippen LogP contribution in [0.2, 0.25) is 0 Å². The van der Waals surface area contributed by atoms with Gasteiger partial charge in [-0.2, -0.15) is 17.0 Å². The van der Waals surface area contributed by atoms with E-state index in [-0.39, 0.29) is 25.6 Å². The van der Waals surface area contributed by atoms with Crippen LogP contribution < -0.4 is 0 Å². The van der Waals surface area contributed by atoms with Crippen molar-refractivity contribution in [1.29, 1.82) is 0 Å². The molecule has 0 aliphatic carbocycles. The molecule has 0 aromatic rings. The highest BCUT2D eigenvalue weighted by molar-refractivity contribution is 7.86. The Balaban J connectivity index is 2.85. The summed E-state index contributed by atoms with van der Waals surface area (Å²) in [4.78, 5) is 10.8. The molecule has 1 N–H and O–H groups in total. The number of aliphatic carboxylic acids is 1. The Morgan fingerprint density at radius 1 is 1.35 bits per heavy atom. The molecule has 118 valence electrons. The lowest BCUT2D eigenvalue weighted by Gasteiger charge is -2.34. The van der Waals surface area contributed by atoms with Gasteiger partial charge in [0.2, 0.25) is 0 Å². The maximum atomic E-state index is 13.1. The van der Waals surface area contributed by atoms with Crippen molar-refractivity contribution in [3.63, 3.8) is 0 Å². The van der Waals surface area contributed by atoms with E-state index in [2.05, 4.69) is 0 Å². The Labute approximate surface area is 117 Å². The van der Waals surface area contributed by atoms with Gasteiger partial charge in [-0.1, -0.05) is 13.8 Å². The molecule has 1 fully saturated rings. The second-order valence-corrected chi connectivity index (χ2v) is 7.27. The van der Waals surface area contributed by atoms with Gasteiger partial charge in [-0.25, -0.2) is 8.78 Å². The van der Waals surface area contributed by atoms with E-state index in [4.69, 9.17) is 5.11 Å². The van der Waals surface area contributed by atoms with Crippen LogP contribution in [-0.4, -0.2) is 60.2 Å². The summed E-state index contributed by atoms with van der Waals surface area (Å²) in [6, 6.07) is 0. The van der Waals surface area contributed by atoms with Gasteiger partial charge in [0, 0.05) is 32.5 Å². The van der Waals surface area contributed by atoms with Crippen molar-refractivity contribution < 1.29 is 27.1 Å². The molecule has 1 aliphatic heterocycles. The van der Waals surface area contributed by atoms with E-state index in [1.54, 1.807) is 13.8 Å². The minimum Gasteiger partial charge on any atom is -0.480 e. The van der Waals surface area contributed by atoms with E-state index in [0.29, 0.717) is 0 Å². The molecule has 0 saturated carbocycles. The zero-order valence-electron chi connectivity index (χ0n) is 11.6. The number of halogens is 2. The van der Waals surface area contributed by atoms with Gasteiger partial charge in [0.25, 0.3) is 16.1 Å². The monoisotopic (exact) mass is 314 g/mol. The Hall–Kier alpha value is -0.800. The molecule has 0 aromatic heterocycles. The zero-order valence-corrected chi connectivity index (χ0v) is 12.4. The zero-order chi connectivity index (χ0) is 15.6. The number of carbonyl (C=O) groups is 1. The fourth-order valence-electron chi connectivity index (χ4n) is 2.01. The van der Waals surface area contributed by atoms with Crippen LogP contribution in [0.25, 0.3) is 0 Å². The van der Waals surface area contributed by atoms with Crippen molar-refractivity contribution in [3.05, 3.63) is 0 Å². The van der Waals surface area contributed by atoms with Gasteiger partial charge < -0.3 is 5.11 Å². The first-order chi connectivity index (χ1) is 9.04. The van der Waals surface area contributed by atoms with Gasteiger partial charge in [0.1, 0.15) is 6.54 Å². The largest absolute Gasteiger partial charge is 0.480 e. The molecular formula is C11H20F2N2O4S. The van der Waals surface area contributed by atoms with Crippen molar-refractivity contribution >= 4 is 16.2 Å². The summed E-state index contributed by atoms with van der Waals surface area (Å²) in [5.41, 5.74) is 0. The number of alkyl halides is 2. The molecule has 0 unspecified atom stereocenters. The third kappa shape index (κ3) is 4.64. The lowest BCUT2D eigenvalue weighted by Crippen LogP contribution is -2.51. The molecule has 9 heteroatoms. The highest BCUT2D eigenvalue weighted by Crippen LogP contribution is 2.29. The van der Waals surface area contributed by atoms with Gasteiger partial charge in [-0.15, -0.1) is 0 Å². The number of carboxylic acid groups (broad SMARTS) is 1. The first-order valence-electron chi connectivity index (χ1n) is 6.39. The average Bonchev–Trinajstić information content (AvgIpc) is 2.26. The Morgan fingerprint density at radius 2 is 1.85 bits per heavy atom. The third-order valence-corrected chi connectivity index (χ3v) is 4.94. The molecule has 0 bridgehead atoms. The van der Waals surface area contributed by atoms with Crippen molar-refractivity contribution in [2.45, 2.75) is 32.6 Å². The van der Waals surface area contributed by atoms with Crippen molar-refractivity contribution in [2.24, 2.45) is 5.92 Å². The third-order valence-electron chi connectivity index (χ3n) is 2.99. The number of piperidine rings is 1. The van der Waals surface area contributed by atoms with Gasteiger partial charge in [0.05, 0.1) is 0 Å². The van der Waals surface area contributed by atoms with E-state index in [1.165, 1.54) is 0 Å². The fraction of sp³-hybridized carbons (Fsp3) is 0.909. The molecule has 1 aliphatic rings. The number of hydrogen-bond acceptors (Lipinski definition) is 3. The maximum Gasteiger partial charge on any atom is 0.318 e. The summed E-state index contributed by atoms with van der Waals surface area (Å²) < 4.78 is 52.5. The van der Waals surface area contributed by atoms with Crippen molar-refractivity contribution in [1.82, 2.24) is 8.61 Å². The topological polar surface area (TPSA) is 77.9 Å². The normalized spacial score (nSPS) is 20.5. The standard InChI is InChI=1S/C11H20F2N2O4S/c1-9(2)7-15(8-10(16)17)20(18,19)14-5-3-11(12,13)4-6-14/h9H,3-8H2,1-2H3,(H,16,17). The average molecular weight is 314 g/mol. The molecule has 0 radical (unpaired) electrons. The van der Waals surface area contributed by atoms with Crippen LogP contribution in [0.4, 0.5) is 8.78 Å². The fourth-order valence-corrected chi connectivity index (χ4v) is 3.74. The Bertz CT molecular complexity index is 443. The molecule has 0 spiro atoms. The highest BCUT2D eigenvalue weighted by Gasteiger charge is 2.40. The second-order valence-electron chi connectivity index (χ2n) is 5.34. The quantitative estimate of drug-likeness (QED) is 0.793. The summed E-state index contributed by atoms with van der Waals surface area (Å²) in [7, 11) is -4.01. The molecule has 1 rings (SSSR count). The summed E-state index contributed by atoms with van der Waals surface area (Å²) in [5.74, 6) is -4.17. The van der Waals surface area contributed by atoms with Gasteiger partial charge >= 0.3 is 5.97 Å². The van der Waals surface area contributed by atoms with Crippen LogP contribution in [0.15, 0.2) is 0 Å². The van der Waals surface area contributed by atoms with Gasteiger partial charge in [-0.3, -0.25) is 4.79 Å². The van der Waals surface area contributed by atoms with Gasteiger partial charge in [-0.05, 0) is 5.92 Å². The summed E-state index contributed by atoms with van der Waals surface area (Å²) >= 11 is 0. The van der Waals surface area contributed by atoms with Crippen LogP contribution in [0.3, 0.4) is 0 Å². The van der Waals surface area contributed by atoms with Crippen LogP contribution >= 0.6 is 0 Å². The van der Waals surface area contributed by atoms with Crippen LogP contribution in [0.1, 0.15) is 26.7 Å². The van der Waals surface area contributed by atoms with E-state index in [9.17, 15) is 22.0 Å². The number of rotatable bonds is 6. The molecule has 0 amide bonds. The van der Waals surface area contributed by atoms with Crippen molar-refractivity contribution in [2.75, 3.05) is 26.2 Å². The number of carboxylic acids is 1. The second kappa shape index (κ2) is 6.31. The maximum absolute atomic E-state index is 13.1. The molecular weight excluding hydrogens is 294 g/mol. The van der Waals surface area contributed by atoms with Gasteiger partial charge in [0.15, 0.2) is 0 Å².